The number of carbonyl (C=O) groups is 1. The summed E-state index contributed by atoms with van der Waals surface area (Å²) in [5.41, 5.74) is -0.149. The van der Waals surface area contributed by atoms with Gasteiger partial charge >= 0.3 is 0 Å². The minimum Gasteiger partial charge on any atom is -0.294 e. The fourth-order valence-electron chi connectivity index (χ4n) is 3.22. The Bertz CT molecular complexity index is 494. The molecule has 2 aliphatic carbocycles. The normalized spacial score (nSPS) is 30.3. The SMILES string of the molecule is CC(=O)c1cnn(C2CC3CC3C2)c1C(C)(F)F. The molecule has 2 fully saturated rings. The lowest BCUT2D eigenvalue weighted by Crippen LogP contribution is -2.21. The summed E-state index contributed by atoms with van der Waals surface area (Å²) in [5.74, 6) is -1.98. The Kier molecular flexibility index (Phi) is 2.37. The fraction of sp³-hybridized carbons (Fsp3) is 0.692. The third kappa shape index (κ3) is 1.76. The first-order chi connectivity index (χ1) is 8.38. The van der Waals surface area contributed by atoms with Crippen LogP contribution in [0.4, 0.5) is 8.78 Å². The molecule has 3 rings (SSSR count). The Morgan fingerprint density at radius 2 is 2.00 bits per heavy atom. The first-order valence-electron chi connectivity index (χ1n) is 6.34. The van der Waals surface area contributed by atoms with Crippen molar-refractivity contribution in [3.05, 3.63) is 17.5 Å². The number of hydrogen-bond acceptors (Lipinski definition) is 2. The van der Waals surface area contributed by atoms with E-state index in [4.69, 9.17) is 0 Å². The summed E-state index contributed by atoms with van der Waals surface area (Å²) in [6.45, 7) is 2.14. The van der Waals surface area contributed by atoms with Crippen LogP contribution in [0.1, 0.15) is 55.2 Å². The number of aromatic nitrogens is 2. The molecular weight excluding hydrogens is 238 g/mol. The van der Waals surface area contributed by atoms with Crippen LogP contribution >= 0.6 is 0 Å². The largest absolute Gasteiger partial charge is 0.294 e. The molecular formula is C13H16F2N2O. The van der Waals surface area contributed by atoms with Crippen molar-refractivity contribution in [1.29, 1.82) is 0 Å². The zero-order valence-electron chi connectivity index (χ0n) is 10.5. The van der Waals surface area contributed by atoms with Gasteiger partial charge in [-0.2, -0.15) is 13.9 Å². The highest BCUT2D eigenvalue weighted by molar-refractivity contribution is 5.95. The van der Waals surface area contributed by atoms with Crippen LogP contribution in [0.3, 0.4) is 0 Å². The van der Waals surface area contributed by atoms with Gasteiger partial charge in [0.25, 0.3) is 5.92 Å². The van der Waals surface area contributed by atoms with E-state index in [-0.39, 0.29) is 23.1 Å². The average molecular weight is 254 g/mol. The molecule has 3 nitrogen and oxygen atoms in total. The van der Waals surface area contributed by atoms with Crippen molar-refractivity contribution in [1.82, 2.24) is 9.78 Å². The monoisotopic (exact) mass is 254 g/mol. The fourth-order valence-corrected chi connectivity index (χ4v) is 3.22. The van der Waals surface area contributed by atoms with Gasteiger partial charge in [0.1, 0.15) is 5.69 Å². The minimum atomic E-state index is -3.02. The molecule has 1 heterocycles. The van der Waals surface area contributed by atoms with E-state index in [1.54, 1.807) is 0 Å². The molecule has 0 aliphatic heterocycles. The standard InChI is InChI=1S/C13H16F2N2O/c1-7(18)11-6-16-17(12(11)13(2,14)15)10-4-8-3-9(8)5-10/h6,8-10H,3-5H2,1-2H3. The molecule has 2 unspecified atom stereocenters. The van der Waals surface area contributed by atoms with Crippen molar-refractivity contribution in [2.75, 3.05) is 0 Å². The van der Waals surface area contributed by atoms with E-state index in [1.807, 2.05) is 0 Å². The quantitative estimate of drug-likeness (QED) is 0.776. The number of halogens is 2. The lowest BCUT2D eigenvalue weighted by molar-refractivity contribution is 0.00499. The molecule has 0 radical (unpaired) electrons. The number of carbonyl (C=O) groups excluding carboxylic acids is 1. The summed E-state index contributed by atoms with van der Waals surface area (Å²) in [5, 5.41) is 4.06. The Morgan fingerprint density at radius 3 is 2.50 bits per heavy atom. The van der Waals surface area contributed by atoms with Gasteiger partial charge in [-0.05, 0) is 38.0 Å². The van der Waals surface area contributed by atoms with Crippen LogP contribution in [0.25, 0.3) is 0 Å². The number of fused-ring (bicyclic) bond motifs is 1. The second kappa shape index (κ2) is 3.62. The summed E-state index contributed by atoms with van der Waals surface area (Å²) in [7, 11) is 0. The molecule has 0 saturated heterocycles. The van der Waals surface area contributed by atoms with Crippen molar-refractivity contribution < 1.29 is 13.6 Å². The average Bonchev–Trinajstić information content (AvgIpc) is 2.76. The Hall–Kier alpha value is -1.26. The van der Waals surface area contributed by atoms with Crippen LogP contribution in [0, 0.1) is 11.8 Å². The van der Waals surface area contributed by atoms with Gasteiger partial charge in [-0.25, -0.2) is 0 Å². The zero-order valence-corrected chi connectivity index (χ0v) is 10.5. The zero-order chi connectivity index (χ0) is 13.1. The molecule has 0 bridgehead atoms. The number of rotatable bonds is 3. The highest BCUT2D eigenvalue weighted by Gasteiger charge is 2.48. The predicted octanol–water partition coefficient (Wildman–Crippen LogP) is 3.17. The third-order valence-corrected chi connectivity index (χ3v) is 4.16. The molecule has 2 saturated carbocycles. The van der Waals surface area contributed by atoms with Crippen molar-refractivity contribution in [2.45, 2.75) is 45.1 Å². The van der Waals surface area contributed by atoms with E-state index < -0.39 is 5.92 Å². The van der Waals surface area contributed by atoms with Crippen molar-refractivity contribution in [2.24, 2.45) is 11.8 Å². The Morgan fingerprint density at radius 1 is 1.39 bits per heavy atom. The molecule has 0 spiro atoms. The van der Waals surface area contributed by atoms with Gasteiger partial charge in [-0.1, -0.05) is 0 Å². The molecule has 18 heavy (non-hydrogen) atoms. The second-order valence-corrected chi connectivity index (χ2v) is 5.68. The van der Waals surface area contributed by atoms with Gasteiger partial charge in [0, 0.05) is 6.92 Å². The van der Waals surface area contributed by atoms with E-state index in [0.29, 0.717) is 11.8 Å². The summed E-state index contributed by atoms with van der Waals surface area (Å²) >= 11 is 0. The van der Waals surface area contributed by atoms with E-state index in [9.17, 15) is 13.6 Å². The van der Waals surface area contributed by atoms with Crippen molar-refractivity contribution in [3.8, 4) is 0 Å². The number of alkyl halides is 2. The van der Waals surface area contributed by atoms with Gasteiger partial charge in [0.2, 0.25) is 0 Å². The van der Waals surface area contributed by atoms with Crippen LogP contribution in [0.15, 0.2) is 6.20 Å². The van der Waals surface area contributed by atoms with Crippen LogP contribution in [-0.4, -0.2) is 15.6 Å². The molecule has 98 valence electrons. The van der Waals surface area contributed by atoms with E-state index in [0.717, 1.165) is 19.8 Å². The van der Waals surface area contributed by atoms with Gasteiger partial charge in [0.15, 0.2) is 5.78 Å². The summed E-state index contributed by atoms with van der Waals surface area (Å²) < 4.78 is 28.8. The number of ketones is 1. The first-order valence-corrected chi connectivity index (χ1v) is 6.34. The van der Waals surface area contributed by atoms with Gasteiger partial charge in [0.05, 0.1) is 17.8 Å². The molecule has 2 atom stereocenters. The van der Waals surface area contributed by atoms with Crippen molar-refractivity contribution in [3.63, 3.8) is 0 Å². The maximum Gasteiger partial charge on any atom is 0.287 e. The first kappa shape index (κ1) is 11.8. The molecule has 1 aromatic heterocycles. The van der Waals surface area contributed by atoms with E-state index >= 15 is 0 Å². The lowest BCUT2D eigenvalue weighted by Gasteiger charge is -2.20. The molecule has 0 aromatic carbocycles. The van der Waals surface area contributed by atoms with Crippen LogP contribution < -0.4 is 0 Å². The maximum atomic E-state index is 13.7. The highest BCUT2D eigenvalue weighted by atomic mass is 19.3. The number of Topliss-reactive ketones (excluding diaryl/α,β-unsaturated/α-hetero) is 1. The summed E-state index contributed by atoms with van der Waals surface area (Å²) in [6, 6.07) is 0.0441. The Balaban J connectivity index is 2.01. The molecule has 2 aliphatic rings. The highest BCUT2D eigenvalue weighted by Crippen LogP contribution is 2.56. The molecule has 0 N–H and O–H groups in total. The van der Waals surface area contributed by atoms with Crippen molar-refractivity contribution >= 4 is 5.78 Å². The topological polar surface area (TPSA) is 34.9 Å². The minimum absolute atomic E-state index is 0.0441. The van der Waals surface area contributed by atoms with E-state index in [1.165, 1.54) is 24.2 Å². The maximum absolute atomic E-state index is 13.7. The van der Waals surface area contributed by atoms with Crippen LogP contribution in [0.5, 0.6) is 0 Å². The summed E-state index contributed by atoms with van der Waals surface area (Å²) in [4.78, 5) is 11.4. The van der Waals surface area contributed by atoms with Gasteiger partial charge in [-0.3, -0.25) is 9.48 Å². The van der Waals surface area contributed by atoms with E-state index in [2.05, 4.69) is 5.10 Å². The predicted molar refractivity (Wildman–Crippen MR) is 61.7 cm³/mol. The second-order valence-electron chi connectivity index (χ2n) is 5.68. The number of nitrogens with zero attached hydrogens (tertiary/aromatic N) is 2. The Labute approximate surface area is 104 Å². The van der Waals surface area contributed by atoms with Crippen LogP contribution in [-0.2, 0) is 5.92 Å². The summed E-state index contributed by atoms with van der Waals surface area (Å²) in [6.07, 6.45) is 4.37. The molecule has 0 amide bonds. The molecule has 1 aromatic rings. The smallest absolute Gasteiger partial charge is 0.287 e. The third-order valence-electron chi connectivity index (χ3n) is 4.16. The lowest BCUT2D eigenvalue weighted by atomic mass is 10.1. The molecule has 5 heteroatoms. The number of hydrogen-bond donors (Lipinski definition) is 0. The van der Waals surface area contributed by atoms with Gasteiger partial charge in [-0.15, -0.1) is 0 Å². The van der Waals surface area contributed by atoms with Crippen LogP contribution in [0.2, 0.25) is 0 Å². The van der Waals surface area contributed by atoms with Gasteiger partial charge < -0.3 is 0 Å².